The minimum atomic E-state index is 0.426. The molecule has 0 aromatic heterocycles. The summed E-state index contributed by atoms with van der Waals surface area (Å²) in [5, 5.41) is 12.7. The molecule has 0 saturated heterocycles. The predicted molar refractivity (Wildman–Crippen MR) is 43.5 cm³/mol. The van der Waals surface area contributed by atoms with Gasteiger partial charge in [-0.2, -0.15) is 9.97 Å². The minimum absolute atomic E-state index is 0.426. The number of rotatable bonds is 7. The Balaban J connectivity index is 2.85. The zero-order chi connectivity index (χ0) is 8.53. The minimum Gasteiger partial charge on any atom is -0.314 e. The highest BCUT2D eigenvalue weighted by molar-refractivity contribution is 4.46. The number of nitroso groups, excluding NO2 is 1. The molecule has 0 unspecified atom stereocenters. The first kappa shape index (κ1) is 10.5. The molecule has 0 aromatic carbocycles. The van der Waals surface area contributed by atoms with Crippen molar-refractivity contribution in [3.63, 3.8) is 0 Å². The first-order chi connectivity index (χ1) is 5.27. The summed E-state index contributed by atoms with van der Waals surface area (Å²) in [6, 6.07) is 0. The van der Waals surface area contributed by atoms with E-state index in [2.05, 4.69) is 5.18 Å². The Labute approximate surface area is 67.1 Å². The molecule has 0 spiro atoms. The summed E-state index contributed by atoms with van der Waals surface area (Å²) in [7, 11) is 1.63. The Morgan fingerprint density at radius 2 is 1.91 bits per heavy atom. The van der Waals surface area contributed by atoms with Crippen molar-refractivity contribution in [2.45, 2.75) is 25.7 Å². The molecule has 0 amide bonds. The monoisotopic (exact) mass is 160 g/mol. The Morgan fingerprint density at radius 3 is 2.45 bits per heavy atom. The Kier molecular flexibility index (Phi) is 7.29. The van der Waals surface area contributed by atoms with Crippen molar-refractivity contribution in [3.8, 4) is 0 Å². The smallest absolute Gasteiger partial charge is 0.0811 e. The maximum Gasteiger partial charge on any atom is 0.0811 e. The lowest BCUT2D eigenvalue weighted by atomic mass is 10.2. The van der Waals surface area contributed by atoms with Gasteiger partial charge in [0.1, 0.15) is 0 Å². The first-order valence-electron chi connectivity index (χ1n) is 3.96. The van der Waals surface area contributed by atoms with Crippen molar-refractivity contribution in [3.05, 3.63) is 4.91 Å². The number of unbranched alkanes of at least 4 members (excludes halogenated alkanes) is 3. The molecule has 0 bridgehead atoms. The predicted octanol–water partition coefficient (Wildman–Crippen LogP) is 1.63. The summed E-state index contributed by atoms with van der Waals surface area (Å²) in [4.78, 5) is 9.65. The third-order valence-electron chi connectivity index (χ3n) is 1.48. The number of nitrogens with zero attached hydrogens (tertiary/aromatic N) is 2. The molecule has 0 heterocycles. The fourth-order valence-electron chi connectivity index (χ4n) is 0.871. The van der Waals surface area contributed by atoms with Crippen molar-refractivity contribution in [1.82, 2.24) is 5.06 Å². The van der Waals surface area contributed by atoms with Crippen molar-refractivity contribution in [2.75, 3.05) is 20.1 Å². The van der Waals surface area contributed by atoms with E-state index >= 15 is 0 Å². The maximum atomic E-state index is 9.65. The van der Waals surface area contributed by atoms with Crippen LogP contribution in [-0.2, 0) is 0 Å². The normalized spacial score (nSPS) is 10.5. The molecule has 0 aliphatic rings. The van der Waals surface area contributed by atoms with Gasteiger partial charge < -0.3 is 5.21 Å². The molecule has 4 nitrogen and oxygen atoms in total. The van der Waals surface area contributed by atoms with E-state index < -0.39 is 0 Å². The van der Waals surface area contributed by atoms with Gasteiger partial charge in [-0.15, -0.1) is 0 Å². The van der Waals surface area contributed by atoms with E-state index in [1.165, 1.54) is 5.06 Å². The van der Waals surface area contributed by atoms with Crippen LogP contribution in [0.3, 0.4) is 0 Å². The van der Waals surface area contributed by atoms with Gasteiger partial charge in [0.15, 0.2) is 0 Å². The van der Waals surface area contributed by atoms with Crippen LogP contribution in [0.5, 0.6) is 0 Å². The SMILES string of the molecule is CN(O)CCCCCCN=O. The molecule has 4 heteroatoms. The second-order valence-electron chi connectivity index (χ2n) is 2.65. The second-order valence-corrected chi connectivity index (χ2v) is 2.65. The Hall–Kier alpha value is -0.480. The van der Waals surface area contributed by atoms with E-state index in [1.54, 1.807) is 7.05 Å². The molecule has 0 rings (SSSR count). The third-order valence-corrected chi connectivity index (χ3v) is 1.48. The maximum absolute atomic E-state index is 9.65. The van der Waals surface area contributed by atoms with Crippen LogP contribution in [0.15, 0.2) is 5.18 Å². The Morgan fingerprint density at radius 1 is 1.27 bits per heavy atom. The molecule has 0 saturated carbocycles. The van der Waals surface area contributed by atoms with E-state index in [-0.39, 0.29) is 0 Å². The zero-order valence-corrected chi connectivity index (χ0v) is 6.99. The van der Waals surface area contributed by atoms with Gasteiger partial charge in [-0.05, 0) is 12.8 Å². The van der Waals surface area contributed by atoms with Crippen LogP contribution in [0, 0.1) is 4.91 Å². The van der Waals surface area contributed by atoms with Gasteiger partial charge in [-0.3, -0.25) is 0 Å². The molecular weight excluding hydrogens is 144 g/mol. The van der Waals surface area contributed by atoms with Gasteiger partial charge in [0.2, 0.25) is 0 Å². The molecule has 0 fully saturated rings. The molecular formula is C7H16N2O2. The summed E-state index contributed by atoms with van der Waals surface area (Å²) in [6.07, 6.45) is 3.94. The van der Waals surface area contributed by atoms with Crippen LogP contribution in [0.2, 0.25) is 0 Å². The van der Waals surface area contributed by atoms with Crippen molar-refractivity contribution in [1.29, 1.82) is 0 Å². The average Bonchev–Trinajstić information content (AvgIpc) is 1.96. The van der Waals surface area contributed by atoms with Gasteiger partial charge in [-0.25, -0.2) is 0 Å². The van der Waals surface area contributed by atoms with E-state index in [4.69, 9.17) is 5.21 Å². The summed E-state index contributed by atoms with van der Waals surface area (Å²) in [6.45, 7) is 1.13. The molecule has 0 atom stereocenters. The fraction of sp³-hybridized carbons (Fsp3) is 1.00. The van der Waals surface area contributed by atoms with Gasteiger partial charge in [-0.1, -0.05) is 18.0 Å². The van der Waals surface area contributed by atoms with Gasteiger partial charge in [0.25, 0.3) is 0 Å². The zero-order valence-electron chi connectivity index (χ0n) is 6.99. The van der Waals surface area contributed by atoms with Crippen molar-refractivity contribution < 1.29 is 5.21 Å². The van der Waals surface area contributed by atoms with Gasteiger partial charge in [0.05, 0.1) is 6.54 Å². The second kappa shape index (κ2) is 7.63. The summed E-state index contributed by atoms with van der Waals surface area (Å²) < 4.78 is 0. The molecule has 1 N–H and O–H groups in total. The van der Waals surface area contributed by atoms with Crippen LogP contribution in [0.4, 0.5) is 0 Å². The highest BCUT2D eigenvalue weighted by Crippen LogP contribution is 1.99. The molecule has 0 radical (unpaired) electrons. The number of hydrogen-bond donors (Lipinski definition) is 1. The molecule has 11 heavy (non-hydrogen) atoms. The lowest BCUT2D eigenvalue weighted by Gasteiger charge is -2.05. The summed E-state index contributed by atoms with van der Waals surface area (Å²) in [5.41, 5.74) is 0. The average molecular weight is 160 g/mol. The molecule has 0 aliphatic heterocycles. The van der Waals surface area contributed by atoms with E-state index in [0.29, 0.717) is 13.1 Å². The van der Waals surface area contributed by atoms with Crippen LogP contribution in [0.1, 0.15) is 25.7 Å². The van der Waals surface area contributed by atoms with Crippen LogP contribution < -0.4 is 0 Å². The van der Waals surface area contributed by atoms with E-state index in [9.17, 15) is 4.91 Å². The first-order valence-corrected chi connectivity index (χ1v) is 3.96. The highest BCUT2D eigenvalue weighted by Gasteiger charge is 1.92. The molecule has 66 valence electrons. The topological polar surface area (TPSA) is 52.9 Å². The third kappa shape index (κ3) is 9.52. The number of hydrogen-bond acceptors (Lipinski definition) is 4. The molecule has 0 aromatic rings. The number of hydroxylamine groups is 2. The van der Waals surface area contributed by atoms with Crippen LogP contribution >= 0.6 is 0 Å². The Bertz CT molecular complexity index is 96.4. The van der Waals surface area contributed by atoms with E-state index in [1.807, 2.05) is 0 Å². The largest absolute Gasteiger partial charge is 0.314 e. The quantitative estimate of drug-likeness (QED) is 0.350. The van der Waals surface area contributed by atoms with E-state index in [0.717, 1.165) is 25.7 Å². The lowest BCUT2D eigenvalue weighted by Crippen LogP contribution is -2.13. The van der Waals surface area contributed by atoms with Gasteiger partial charge >= 0.3 is 0 Å². The lowest BCUT2D eigenvalue weighted by molar-refractivity contribution is -0.0655. The molecule has 0 aliphatic carbocycles. The van der Waals surface area contributed by atoms with Crippen molar-refractivity contribution in [2.24, 2.45) is 5.18 Å². The summed E-state index contributed by atoms with van der Waals surface area (Å²) in [5.74, 6) is 0. The van der Waals surface area contributed by atoms with Crippen molar-refractivity contribution >= 4 is 0 Å². The summed E-state index contributed by atoms with van der Waals surface area (Å²) >= 11 is 0. The standard InChI is InChI=1S/C7H16N2O2/c1-9(11)7-5-3-2-4-6-8-10/h11H,2-7H2,1H3. The highest BCUT2D eigenvalue weighted by atomic mass is 16.5. The fourth-order valence-corrected chi connectivity index (χ4v) is 0.871. The van der Waals surface area contributed by atoms with Crippen LogP contribution in [0.25, 0.3) is 0 Å². The van der Waals surface area contributed by atoms with Gasteiger partial charge in [0, 0.05) is 13.6 Å². The van der Waals surface area contributed by atoms with Crippen LogP contribution in [-0.4, -0.2) is 30.4 Å².